The molecule has 2 aliphatic rings. The second kappa shape index (κ2) is 4.88. The molecule has 0 bridgehead atoms. The van der Waals surface area contributed by atoms with Crippen molar-refractivity contribution in [1.29, 1.82) is 0 Å². The quantitative estimate of drug-likeness (QED) is 0.871. The number of aromatic amines is 1. The van der Waals surface area contributed by atoms with Gasteiger partial charge in [-0.05, 0) is 37.9 Å². The number of aryl methyl sites for hydroxylation is 1. The summed E-state index contributed by atoms with van der Waals surface area (Å²) in [5.74, 6) is 0. The maximum Gasteiger partial charge on any atom is 0.271 e. The number of H-pyrrole nitrogens is 1. The lowest BCUT2D eigenvalue weighted by Crippen LogP contribution is -2.51. The molecule has 0 saturated carbocycles. The van der Waals surface area contributed by atoms with Gasteiger partial charge >= 0.3 is 0 Å². The van der Waals surface area contributed by atoms with E-state index in [2.05, 4.69) is 33.0 Å². The Bertz CT molecular complexity index is 736. The van der Waals surface area contributed by atoms with E-state index in [1.165, 1.54) is 19.4 Å². The number of aromatic nitrogens is 1. The van der Waals surface area contributed by atoms with E-state index in [0.29, 0.717) is 6.04 Å². The number of nitrogens with one attached hydrogen (secondary N) is 1. The Morgan fingerprint density at radius 2 is 2.14 bits per heavy atom. The minimum absolute atomic E-state index is 0.0447. The number of pyridine rings is 1. The van der Waals surface area contributed by atoms with E-state index in [0.717, 1.165) is 41.8 Å². The molecule has 1 atom stereocenters. The van der Waals surface area contributed by atoms with E-state index in [1.807, 2.05) is 13.0 Å². The smallest absolute Gasteiger partial charge is 0.271 e. The van der Waals surface area contributed by atoms with Crippen LogP contribution in [-0.4, -0.2) is 42.1 Å². The molecule has 21 heavy (non-hydrogen) atoms. The molecule has 1 aromatic heterocycles. The molecule has 1 aromatic carbocycles. The maximum atomic E-state index is 12.5. The van der Waals surface area contributed by atoms with Crippen molar-refractivity contribution in [2.75, 3.05) is 31.1 Å². The van der Waals surface area contributed by atoms with Crippen molar-refractivity contribution < 1.29 is 0 Å². The predicted molar refractivity (Wildman–Crippen MR) is 86.1 cm³/mol. The second-order valence-corrected chi connectivity index (χ2v) is 6.30. The summed E-state index contributed by atoms with van der Waals surface area (Å²) in [6, 6.07) is 8.86. The van der Waals surface area contributed by atoms with Gasteiger partial charge in [-0.2, -0.15) is 0 Å². The molecule has 2 saturated heterocycles. The van der Waals surface area contributed by atoms with Crippen LogP contribution >= 0.6 is 0 Å². The molecule has 0 radical (unpaired) electrons. The summed E-state index contributed by atoms with van der Waals surface area (Å²) >= 11 is 0. The van der Waals surface area contributed by atoms with Crippen LogP contribution in [0.1, 0.15) is 18.4 Å². The van der Waals surface area contributed by atoms with Crippen molar-refractivity contribution in [2.24, 2.45) is 0 Å². The fraction of sp³-hybridized carbons (Fsp3) is 0.471. The van der Waals surface area contributed by atoms with E-state index in [-0.39, 0.29) is 5.56 Å². The number of benzene rings is 1. The lowest BCUT2D eigenvalue weighted by molar-refractivity contribution is 0.231. The minimum atomic E-state index is 0.0447. The van der Waals surface area contributed by atoms with Crippen LogP contribution in [0, 0.1) is 6.92 Å². The Hall–Kier alpha value is -1.81. The summed E-state index contributed by atoms with van der Waals surface area (Å²) in [5.41, 5.74) is 2.96. The van der Waals surface area contributed by atoms with Gasteiger partial charge in [-0.25, -0.2) is 0 Å². The second-order valence-electron chi connectivity index (χ2n) is 6.30. The van der Waals surface area contributed by atoms with Gasteiger partial charge in [0.2, 0.25) is 0 Å². The lowest BCUT2D eigenvalue weighted by Gasteiger charge is -2.38. The van der Waals surface area contributed by atoms with Crippen molar-refractivity contribution in [2.45, 2.75) is 25.8 Å². The normalized spacial score (nSPS) is 22.7. The first-order valence-electron chi connectivity index (χ1n) is 7.84. The van der Waals surface area contributed by atoms with Gasteiger partial charge in [-0.3, -0.25) is 9.69 Å². The Balaban J connectivity index is 1.73. The third kappa shape index (κ3) is 2.14. The first-order valence-corrected chi connectivity index (χ1v) is 7.84. The van der Waals surface area contributed by atoms with Crippen LogP contribution < -0.4 is 10.5 Å². The Labute approximate surface area is 124 Å². The number of anilines is 1. The first kappa shape index (κ1) is 12.9. The molecule has 4 heteroatoms. The molecule has 2 aromatic rings. The monoisotopic (exact) mass is 283 g/mol. The van der Waals surface area contributed by atoms with E-state index in [4.69, 9.17) is 0 Å². The number of hydrogen-bond acceptors (Lipinski definition) is 3. The summed E-state index contributed by atoms with van der Waals surface area (Å²) in [6.45, 7) is 6.29. The van der Waals surface area contributed by atoms with Crippen LogP contribution in [0.15, 0.2) is 29.1 Å². The third-order valence-electron chi connectivity index (χ3n) is 5.00. The molecule has 4 nitrogen and oxygen atoms in total. The number of piperazine rings is 1. The van der Waals surface area contributed by atoms with Crippen LogP contribution in [-0.2, 0) is 0 Å². The van der Waals surface area contributed by atoms with Crippen molar-refractivity contribution >= 4 is 16.6 Å². The highest BCUT2D eigenvalue weighted by atomic mass is 16.1. The Kier molecular flexibility index (Phi) is 3.00. The molecule has 0 spiro atoms. The summed E-state index contributed by atoms with van der Waals surface area (Å²) in [6.07, 6.45) is 2.56. The molecule has 2 fully saturated rings. The van der Waals surface area contributed by atoms with Gasteiger partial charge in [0.05, 0.1) is 5.52 Å². The van der Waals surface area contributed by atoms with E-state index >= 15 is 0 Å². The largest absolute Gasteiger partial charge is 0.364 e. The van der Waals surface area contributed by atoms with Crippen LogP contribution in [0.25, 0.3) is 10.9 Å². The van der Waals surface area contributed by atoms with E-state index < -0.39 is 0 Å². The zero-order chi connectivity index (χ0) is 14.4. The van der Waals surface area contributed by atoms with Crippen molar-refractivity contribution in [1.82, 2.24) is 9.88 Å². The SMILES string of the molecule is Cc1cccc2cc(N3CCN4CCCC4C3)c(=O)[nH]c12. The molecule has 0 amide bonds. The molecular formula is C17H21N3O. The first-order chi connectivity index (χ1) is 10.2. The molecule has 1 unspecified atom stereocenters. The summed E-state index contributed by atoms with van der Waals surface area (Å²) < 4.78 is 0. The van der Waals surface area contributed by atoms with Gasteiger partial charge in [-0.15, -0.1) is 0 Å². The van der Waals surface area contributed by atoms with Gasteiger partial charge in [0.15, 0.2) is 0 Å². The zero-order valence-corrected chi connectivity index (χ0v) is 12.4. The molecule has 2 aliphatic heterocycles. The van der Waals surface area contributed by atoms with Crippen LogP contribution in [0.5, 0.6) is 0 Å². The standard InChI is InChI=1S/C17H21N3O/c1-12-4-2-5-13-10-15(17(21)18-16(12)13)20-9-8-19-7-3-6-14(19)11-20/h2,4-5,10,14H,3,6-9,11H2,1H3,(H,18,21). The average Bonchev–Trinajstić information content (AvgIpc) is 2.95. The highest BCUT2D eigenvalue weighted by Crippen LogP contribution is 2.25. The number of para-hydroxylation sites is 1. The Morgan fingerprint density at radius 3 is 3.05 bits per heavy atom. The highest BCUT2D eigenvalue weighted by Gasteiger charge is 2.31. The predicted octanol–water partition coefficient (Wildman–Crippen LogP) is 2.12. The number of nitrogens with zero attached hydrogens (tertiary/aromatic N) is 2. The van der Waals surface area contributed by atoms with E-state index in [1.54, 1.807) is 0 Å². The van der Waals surface area contributed by atoms with Crippen molar-refractivity contribution in [3.05, 3.63) is 40.2 Å². The van der Waals surface area contributed by atoms with E-state index in [9.17, 15) is 4.79 Å². The van der Waals surface area contributed by atoms with Crippen LogP contribution in [0.4, 0.5) is 5.69 Å². The van der Waals surface area contributed by atoms with Gasteiger partial charge < -0.3 is 9.88 Å². The van der Waals surface area contributed by atoms with Gasteiger partial charge in [-0.1, -0.05) is 18.2 Å². The average molecular weight is 283 g/mol. The fourth-order valence-electron chi connectivity index (χ4n) is 3.82. The van der Waals surface area contributed by atoms with Crippen LogP contribution in [0.2, 0.25) is 0 Å². The molecular weight excluding hydrogens is 262 g/mol. The van der Waals surface area contributed by atoms with Crippen LogP contribution in [0.3, 0.4) is 0 Å². The minimum Gasteiger partial charge on any atom is -0.364 e. The molecule has 4 rings (SSSR count). The van der Waals surface area contributed by atoms with Crippen molar-refractivity contribution in [3.63, 3.8) is 0 Å². The molecule has 3 heterocycles. The summed E-state index contributed by atoms with van der Waals surface area (Å²) in [7, 11) is 0. The lowest BCUT2D eigenvalue weighted by atomic mass is 10.1. The molecule has 0 aliphatic carbocycles. The van der Waals surface area contributed by atoms with Gasteiger partial charge in [0.25, 0.3) is 5.56 Å². The van der Waals surface area contributed by atoms with Crippen molar-refractivity contribution in [3.8, 4) is 0 Å². The number of rotatable bonds is 1. The maximum absolute atomic E-state index is 12.5. The van der Waals surface area contributed by atoms with Gasteiger partial charge in [0.1, 0.15) is 5.69 Å². The summed E-state index contributed by atoms with van der Waals surface area (Å²) in [4.78, 5) is 20.4. The summed E-state index contributed by atoms with van der Waals surface area (Å²) in [5, 5.41) is 1.12. The number of hydrogen-bond donors (Lipinski definition) is 1. The zero-order valence-electron chi connectivity index (χ0n) is 12.4. The molecule has 110 valence electrons. The fourth-order valence-corrected chi connectivity index (χ4v) is 3.82. The highest BCUT2D eigenvalue weighted by molar-refractivity contribution is 5.84. The molecule has 1 N–H and O–H groups in total. The Morgan fingerprint density at radius 1 is 1.24 bits per heavy atom. The third-order valence-corrected chi connectivity index (χ3v) is 5.00. The number of fused-ring (bicyclic) bond motifs is 2. The van der Waals surface area contributed by atoms with Gasteiger partial charge in [0, 0.05) is 31.1 Å². The topological polar surface area (TPSA) is 39.3 Å².